The van der Waals surface area contributed by atoms with Gasteiger partial charge in [0.25, 0.3) is 0 Å². The van der Waals surface area contributed by atoms with Crippen LogP contribution in [-0.2, 0) is 0 Å². The molecule has 0 aromatic carbocycles. The molecule has 15 heavy (non-hydrogen) atoms. The third-order valence-corrected chi connectivity index (χ3v) is 2.02. The minimum atomic E-state index is -1.48. The second-order valence-electron chi connectivity index (χ2n) is 3.29. The lowest BCUT2D eigenvalue weighted by Crippen LogP contribution is -2.30. The molecule has 5 nitrogen and oxygen atoms in total. The molecule has 0 spiro atoms. The summed E-state index contributed by atoms with van der Waals surface area (Å²) >= 11 is 0. The molecule has 6 heteroatoms. The van der Waals surface area contributed by atoms with E-state index in [0.29, 0.717) is 11.3 Å². The lowest BCUT2D eigenvalue weighted by molar-refractivity contribution is 0.425. The molecule has 0 atom stereocenters. The zero-order chi connectivity index (χ0) is 10.8. The van der Waals surface area contributed by atoms with Crippen molar-refractivity contribution in [3.8, 4) is 5.82 Å². The largest absolute Gasteiger partial charge is 0.490 e. The highest BCUT2D eigenvalue weighted by atomic mass is 16.4. The second-order valence-corrected chi connectivity index (χ2v) is 3.29. The molecule has 2 aromatic heterocycles. The van der Waals surface area contributed by atoms with Crippen molar-refractivity contribution in [1.29, 1.82) is 0 Å². The monoisotopic (exact) mass is 203 g/mol. The maximum Gasteiger partial charge on any atom is 0.490 e. The summed E-state index contributed by atoms with van der Waals surface area (Å²) in [5.74, 6) is 0.646. The van der Waals surface area contributed by atoms with Crippen molar-refractivity contribution in [1.82, 2.24) is 14.8 Å². The van der Waals surface area contributed by atoms with E-state index in [4.69, 9.17) is 10.0 Å². The topological polar surface area (TPSA) is 71.2 Å². The Kier molecular flexibility index (Phi) is 2.53. The molecular weight excluding hydrogens is 193 g/mol. The van der Waals surface area contributed by atoms with E-state index < -0.39 is 7.12 Å². The van der Waals surface area contributed by atoms with Gasteiger partial charge in [0.2, 0.25) is 0 Å². The number of nitrogens with zero attached hydrogens (tertiary/aromatic N) is 3. The molecule has 0 saturated carbocycles. The van der Waals surface area contributed by atoms with Crippen LogP contribution in [0.25, 0.3) is 5.82 Å². The van der Waals surface area contributed by atoms with Crippen molar-refractivity contribution < 1.29 is 10.0 Å². The molecular formula is C9H10BN3O2. The van der Waals surface area contributed by atoms with Crippen LogP contribution in [0.5, 0.6) is 0 Å². The zero-order valence-corrected chi connectivity index (χ0v) is 8.20. The number of aromatic nitrogens is 3. The molecule has 2 heterocycles. The van der Waals surface area contributed by atoms with Gasteiger partial charge in [0.15, 0.2) is 5.82 Å². The van der Waals surface area contributed by atoms with Gasteiger partial charge in [0, 0.05) is 17.9 Å². The minimum absolute atomic E-state index is 0.364. The summed E-state index contributed by atoms with van der Waals surface area (Å²) in [6.45, 7) is 1.94. The summed E-state index contributed by atoms with van der Waals surface area (Å²) in [6, 6.07) is 3.28. The molecule has 0 fully saturated rings. The molecule has 0 saturated heterocycles. The fourth-order valence-corrected chi connectivity index (χ4v) is 1.22. The van der Waals surface area contributed by atoms with Crippen LogP contribution in [0.1, 0.15) is 5.56 Å². The van der Waals surface area contributed by atoms with Gasteiger partial charge >= 0.3 is 7.12 Å². The van der Waals surface area contributed by atoms with Crippen molar-refractivity contribution in [3.05, 3.63) is 36.3 Å². The van der Waals surface area contributed by atoms with E-state index in [9.17, 15) is 0 Å². The first-order chi connectivity index (χ1) is 7.16. The van der Waals surface area contributed by atoms with E-state index in [1.165, 1.54) is 6.20 Å². The van der Waals surface area contributed by atoms with Gasteiger partial charge in [0.05, 0.1) is 6.20 Å². The molecule has 0 amide bonds. The number of aryl methyl sites for hydroxylation is 1. The van der Waals surface area contributed by atoms with E-state index in [1.807, 2.05) is 13.1 Å². The predicted molar refractivity (Wildman–Crippen MR) is 55.9 cm³/mol. The summed E-state index contributed by atoms with van der Waals surface area (Å²) < 4.78 is 1.63. The molecule has 0 unspecified atom stereocenters. The average Bonchev–Trinajstić information content (AvgIpc) is 2.65. The van der Waals surface area contributed by atoms with E-state index in [1.54, 1.807) is 23.0 Å². The van der Waals surface area contributed by atoms with Gasteiger partial charge in [-0.15, -0.1) is 0 Å². The van der Waals surface area contributed by atoms with Crippen LogP contribution in [0.2, 0.25) is 0 Å². The maximum absolute atomic E-state index is 8.88. The van der Waals surface area contributed by atoms with Crippen molar-refractivity contribution in [3.63, 3.8) is 0 Å². The molecule has 76 valence electrons. The first kappa shape index (κ1) is 9.88. The highest BCUT2D eigenvalue weighted by Crippen LogP contribution is 2.02. The van der Waals surface area contributed by atoms with Crippen LogP contribution in [0, 0.1) is 6.92 Å². The number of rotatable bonds is 2. The lowest BCUT2D eigenvalue weighted by Gasteiger charge is -2.01. The van der Waals surface area contributed by atoms with E-state index >= 15 is 0 Å². The predicted octanol–water partition coefficient (Wildman–Crippen LogP) is -0.744. The fourth-order valence-electron chi connectivity index (χ4n) is 1.22. The number of pyridine rings is 1. The summed E-state index contributed by atoms with van der Waals surface area (Å²) in [5.41, 5.74) is 1.41. The average molecular weight is 203 g/mol. The Morgan fingerprint density at radius 1 is 1.27 bits per heavy atom. The minimum Gasteiger partial charge on any atom is -0.423 e. The Balaban J connectivity index is 2.31. The fraction of sp³-hybridized carbons (Fsp3) is 0.111. The van der Waals surface area contributed by atoms with Gasteiger partial charge in [-0.05, 0) is 18.6 Å². The molecule has 0 aliphatic rings. The standard InChI is InChI=1S/C9H10BN3O2/c1-7-4-12-13(6-7)9-3-2-8(5-11-9)10(14)15/h2-6,14-15H,1H3. The third kappa shape index (κ3) is 2.06. The third-order valence-electron chi connectivity index (χ3n) is 2.02. The van der Waals surface area contributed by atoms with Crippen molar-refractivity contribution in [2.24, 2.45) is 0 Å². The molecule has 0 aliphatic carbocycles. The Labute approximate surface area is 87.2 Å². The van der Waals surface area contributed by atoms with E-state index in [-0.39, 0.29) is 0 Å². The first-order valence-corrected chi connectivity index (χ1v) is 4.50. The highest BCUT2D eigenvalue weighted by Gasteiger charge is 2.11. The lowest BCUT2D eigenvalue weighted by atomic mass is 9.82. The maximum atomic E-state index is 8.88. The second kappa shape index (κ2) is 3.84. The Morgan fingerprint density at radius 3 is 2.53 bits per heavy atom. The quantitative estimate of drug-likeness (QED) is 0.630. The van der Waals surface area contributed by atoms with Gasteiger partial charge in [0.1, 0.15) is 0 Å². The number of hydrogen-bond donors (Lipinski definition) is 2. The SMILES string of the molecule is Cc1cnn(-c2ccc(B(O)O)cn2)c1. The van der Waals surface area contributed by atoms with Crippen molar-refractivity contribution in [2.75, 3.05) is 0 Å². The Bertz CT molecular complexity index is 453. The summed E-state index contributed by atoms with van der Waals surface area (Å²) in [6.07, 6.45) is 4.99. The normalized spacial score (nSPS) is 10.3. The Hall–Kier alpha value is -1.66. The molecule has 2 rings (SSSR count). The van der Waals surface area contributed by atoms with Crippen LogP contribution in [0.3, 0.4) is 0 Å². The van der Waals surface area contributed by atoms with E-state index in [0.717, 1.165) is 5.56 Å². The van der Waals surface area contributed by atoms with Crippen molar-refractivity contribution >= 4 is 12.6 Å². The Morgan fingerprint density at radius 2 is 2.07 bits per heavy atom. The van der Waals surface area contributed by atoms with Crippen LogP contribution < -0.4 is 5.46 Å². The summed E-state index contributed by atoms with van der Waals surface area (Å²) in [5, 5.41) is 21.9. The molecule has 0 aliphatic heterocycles. The highest BCUT2D eigenvalue weighted by molar-refractivity contribution is 6.58. The van der Waals surface area contributed by atoms with Crippen LogP contribution >= 0.6 is 0 Å². The number of hydrogen-bond acceptors (Lipinski definition) is 4. The first-order valence-electron chi connectivity index (χ1n) is 4.50. The van der Waals surface area contributed by atoms with Gasteiger partial charge in [-0.25, -0.2) is 9.67 Å². The molecule has 0 radical (unpaired) electrons. The summed E-state index contributed by atoms with van der Waals surface area (Å²) in [4.78, 5) is 4.06. The van der Waals surface area contributed by atoms with Crippen LogP contribution in [0.15, 0.2) is 30.7 Å². The summed E-state index contributed by atoms with van der Waals surface area (Å²) in [7, 11) is -1.48. The zero-order valence-electron chi connectivity index (χ0n) is 8.20. The van der Waals surface area contributed by atoms with Gasteiger partial charge in [-0.2, -0.15) is 5.10 Å². The van der Waals surface area contributed by atoms with Crippen molar-refractivity contribution in [2.45, 2.75) is 6.92 Å². The van der Waals surface area contributed by atoms with E-state index in [2.05, 4.69) is 10.1 Å². The smallest absolute Gasteiger partial charge is 0.423 e. The molecule has 2 aromatic rings. The van der Waals surface area contributed by atoms with Crippen LogP contribution in [-0.4, -0.2) is 31.9 Å². The van der Waals surface area contributed by atoms with Gasteiger partial charge in [-0.3, -0.25) is 0 Å². The molecule has 0 bridgehead atoms. The van der Waals surface area contributed by atoms with Gasteiger partial charge < -0.3 is 10.0 Å². The van der Waals surface area contributed by atoms with Gasteiger partial charge in [-0.1, -0.05) is 6.07 Å². The molecule has 2 N–H and O–H groups in total. The van der Waals surface area contributed by atoms with Crippen LogP contribution in [0.4, 0.5) is 0 Å².